The molecule has 2 N–H and O–H groups in total. The number of hydrogen-bond acceptors (Lipinski definition) is 1. The van der Waals surface area contributed by atoms with Gasteiger partial charge < -0.3 is 5.73 Å². The summed E-state index contributed by atoms with van der Waals surface area (Å²) in [5.74, 6) is -0.393. The average molecular weight is 278 g/mol. The fourth-order valence-corrected chi connectivity index (χ4v) is 2.47. The third-order valence-electron chi connectivity index (χ3n) is 3.31. The predicted octanol–water partition coefficient (Wildman–Crippen LogP) is 4.28. The van der Waals surface area contributed by atoms with Gasteiger partial charge in [0.05, 0.1) is 5.02 Å². The van der Waals surface area contributed by atoms with E-state index in [-0.39, 0.29) is 11.1 Å². The third kappa shape index (κ3) is 3.14. The van der Waals surface area contributed by atoms with Gasteiger partial charge in [0.2, 0.25) is 0 Å². The highest BCUT2D eigenvalue weighted by atomic mass is 35.5. The fourth-order valence-electron chi connectivity index (χ4n) is 2.27. The van der Waals surface area contributed by atoms with Gasteiger partial charge in [-0.1, -0.05) is 54.9 Å². The van der Waals surface area contributed by atoms with E-state index in [1.165, 1.54) is 11.6 Å². The summed E-state index contributed by atoms with van der Waals surface area (Å²) in [6.45, 7) is 2.10. The third-order valence-corrected chi connectivity index (χ3v) is 3.73. The van der Waals surface area contributed by atoms with Crippen molar-refractivity contribution in [3.05, 3.63) is 70.0 Å². The van der Waals surface area contributed by atoms with Gasteiger partial charge in [0.1, 0.15) is 5.82 Å². The van der Waals surface area contributed by atoms with Crippen LogP contribution >= 0.6 is 11.6 Å². The number of halogens is 2. The first-order valence-corrected chi connectivity index (χ1v) is 6.77. The minimum Gasteiger partial charge on any atom is -0.324 e. The molecular formula is C16H17ClFN. The lowest BCUT2D eigenvalue weighted by Crippen LogP contribution is -2.15. The van der Waals surface area contributed by atoms with Crippen LogP contribution in [0, 0.1) is 5.82 Å². The molecule has 100 valence electrons. The molecule has 1 nitrogen and oxygen atoms in total. The fraction of sp³-hybridized carbons (Fsp3) is 0.250. The topological polar surface area (TPSA) is 26.0 Å². The van der Waals surface area contributed by atoms with E-state index in [4.69, 9.17) is 17.3 Å². The Morgan fingerprint density at radius 1 is 1.11 bits per heavy atom. The first kappa shape index (κ1) is 14.0. The largest absolute Gasteiger partial charge is 0.324 e. The lowest BCUT2D eigenvalue weighted by Gasteiger charge is -2.16. The van der Waals surface area contributed by atoms with Crippen LogP contribution in [0.4, 0.5) is 4.39 Å². The van der Waals surface area contributed by atoms with Crippen molar-refractivity contribution in [2.45, 2.75) is 25.8 Å². The Bertz CT molecular complexity index is 568. The number of aryl methyl sites for hydroxylation is 1. The van der Waals surface area contributed by atoms with Gasteiger partial charge in [-0.25, -0.2) is 4.39 Å². The number of nitrogens with two attached hydrogens (primary N) is 1. The predicted molar refractivity (Wildman–Crippen MR) is 77.9 cm³/mol. The summed E-state index contributed by atoms with van der Waals surface area (Å²) in [4.78, 5) is 0. The Kier molecular flexibility index (Phi) is 4.56. The van der Waals surface area contributed by atoms with Gasteiger partial charge in [0.15, 0.2) is 0 Å². The molecule has 2 aromatic carbocycles. The molecule has 19 heavy (non-hydrogen) atoms. The van der Waals surface area contributed by atoms with Gasteiger partial charge in [0.25, 0.3) is 0 Å². The molecule has 1 atom stereocenters. The normalized spacial score (nSPS) is 12.4. The molecule has 0 saturated heterocycles. The maximum absolute atomic E-state index is 13.4. The molecule has 0 spiro atoms. The first-order chi connectivity index (χ1) is 9.13. The summed E-state index contributed by atoms with van der Waals surface area (Å²) in [5, 5.41) is 0.173. The number of rotatable bonds is 4. The molecule has 0 aromatic heterocycles. The van der Waals surface area contributed by atoms with Crippen LogP contribution in [0.5, 0.6) is 0 Å². The molecule has 0 heterocycles. The summed E-state index contributed by atoms with van der Waals surface area (Å²) in [6.07, 6.45) is 1.47. The van der Waals surface area contributed by atoms with Crippen LogP contribution in [0.2, 0.25) is 5.02 Å². The van der Waals surface area contributed by atoms with Crippen molar-refractivity contribution in [1.82, 2.24) is 0 Å². The molecule has 0 aliphatic rings. The molecule has 0 bridgehead atoms. The van der Waals surface area contributed by atoms with Crippen LogP contribution in [-0.4, -0.2) is 0 Å². The van der Waals surface area contributed by atoms with Crippen LogP contribution < -0.4 is 5.73 Å². The number of hydrogen-bond donors (Lipinski definition) is 1. The Morgan fingerprint density at radius 2 is 1.79 bits per heavy atom. The van der Waals surface area contributed by atoms with Crippen molar-refractivity contribution in [2.24, 2.45) is 5.73 Å². The van der Waals surface area contributed by atoms with E-state index in [0.29, 0.717) is 6.42 Å². The molecule has 3 heteroatoms. The van der Waals surface area contributed by atoms with Gasteiger partial charge >= 0.3 is 0 Å². The SMILES string of the molecule is CCc1ccccc1C(N)Cc1cccc(F)c1Cl. The van der Waals surface area contributed by atoms with Gasteiger partial charge in [0, 0.05) is 6.04 Å². The zero-order chi connectivity index (χ0) is 13.8. The Hall–Kier alpha value is -1.38. The minimum atomic E-state index is -0.393. The molecule has 1 unspecified atom stereocenters. The zero-order valence-corrected chi connectivity index (χ0v) is 11.6. The van der Waals surface area contributed by atoms with Crippen molar-refractivity contribution in [3.63, 3.8) is 0 Å². The van der Waals surface area contributed by atoms with Gasteiger partial charge in [-0.15, -0.1) is 0 Å². The van der Waals surface area contributed by atoms with E-state index in [1.54, 1.807) is 6.07 Å². The van der Waals surface area contributed by atoms with Crippen LogP contribution in [0.15, 0.2) is 42.5 Å². The molecule has 0 saturated carbocycles. The van der Waals surface area contributed by atoms with Crippen molar-refractivity contribution >= 4 is 11.6 Å². The van der Waals surface area contributed by atoms with Crippen LogP contribution in [-0.2, 0) is 12.8 Å². The second-order valence-corrected chi connectivity index (χ2v) is 4.95. The van der Waals surface area contributed by atoms with Crippen molar-refractivity contribution in [3.8, 4) is 0 Å². The molecule has 0 amide bonds. The molecule has 2 rings (SSSR count). The Morgan fingerprint density at radius 3 is 2.53 bits per heavy atom. The second kappa shape index (κ2) is 6.18. The maximum Gasteiger partial charge on any atom is 0.142 e. The van der Waals surface area contributed by atoms with Crippen LogP contribution in [0.25, 0.3) is 0 Å². The summed E-state index contributed by atoms with van der Waals surface area (Å²) in [5.41, 5.74) is 9.32. The van der Waals surface area contributed by atoms with E-state index in [2.05, 4.69) is 13.0 Å². The van der Waals surface area contributed by atoms with Crippen molar-refractivity contribution < 1.29 is 4.39 Å². The first-order valence-electron chi connectivity index (χ1n) is 6.39. The second-order valence-electron chi connectivity index (χ2n) is 4.58. The Labute approximate surface area is 118 Å². The minimum absolute atomic E-state index is 0.171. The van der Waals surface area contributed by atoms with E-state index >= 15 is 0 Å². The van der Waals surface area contributed by atoms with Crippen molar-refractivity contribution in [1.29, 1.82) is 0 Å². The van der Waals surface area contributed by atoms with E-state index < -0.39 is 5.82 Å². The lowest BCUT2D eigenvalue weighted by molar-refractivity contribution is 0.622. The summed E-state index contributed by atoms with van der Waals surface area (Å²) >= 11 is 5.97. The summed E-state index contributed by atoms with van der Waals surface area (Å²) < 4.78 is 13.4. The zero-order valence-electron chi connectivity index (χ0n) is 10.9. The average Bonchev–Trinajstić information content (AvgIpc) is 2.43. The van der Waals surface area contributed by atoms with Gasteiger partial charge in [-0.3, -0.25) is 0 Å². The smallest absolute Gasteiger partial charge is 0.142 e. The highest BCUT2D eigenvalue weighted by Crippen LogP contribution is 2.26. The van der Waals surface area contributed by atoms with Gasteiger partial charge in [-0.05, 0) is 35.6 Å². The quantitative estimate of drug-likeness (QED) is 0.887. The van der Waals surface area contributed by atoms with Gasteiger partial charge in [-0.2, -0.15) is 0 Å². The molecule has 0 aliphatic heterocycles. The van der Waals surface area contributed by atoms with Crippen molar-refractivity contribution in [2.75, 3.05) is 0 Å². The monoisotopic (exact) mass is 277 g/mol. The standard InChI is InChI=1S/C16H17ClFN/c1-2-11-6-3-4-8-13(11)15(19)10-12-7-5-9-14(18)16(12)17/h3-9,15H,2,10,19H2,1H3. The van der Waals surface area contributed by atoms with E-state index in [0.717, 1.165) is 17.5 Å². The number of benzene rings is 2. The molecule has 0 fully saturated rings. The molecule has 0 radical (unpaired) electrons. The lowest BCUT2D eigenvalue weighted by atomic mass is 9.94. The van der Waals surface area contributed by atoms with E-state index in [1.807, 2.05) is 24.3 Å². The molecule has 0 aliphatic carbocycles. The highest BCUT2D eigenvalue weighted by molar-refractivity contribution is 6.31. The van der Waals surface area contributed by atoms with Crippen LogP contribution in [0.3, 0.4) is 0 Å². The maximum atomic E-state index is 13.4. The highest BCUT2D eigenvalue weighted by Gasteiger charge is 2.13. The van der Waals surface area contributed by atoms with E-state index in [9.17, 15) is 4.39 Å². The van der Waals surface area contributed by atoms with Crippen LogP contribution in [0.1, 0.15) is 29.7 Å². The Balaban J connectivity index is 2.26. The molecular weight excluding hydrogens is 261 g/mol. The summed E-state index contributed by atoms with van der Waals surface area (Å²) in [6, 6.07) is 12.7. The molecule has 2 aromatic rings. The summed E-state index contributed by atoms with van der Waals surface area (Å²) in [7, 11) is 0.